The van der Waals surface area contributed by atoms with Gasteiger partial charge in [0.1, 0.15) is 12.7 Å². The lowest BCUT2D eigenvalue weighted by molar-refractivity contribution is 0.152. The predicted octanol–water partition coefficient (Wildman–Crippen LogP) is 3.18. The molecule has 0 bridgehead atoms. The number of aromatic amines is 1. The molecule has 6 nitrogen and oxygen atoms in total. The summed E-state index contributed by atoms with van der Waals surface area (Å²) in [6.07, 6.45) is 8.98. The molecule has 27 heavy (non-hydrogen) atoms. The maximum absolute atomic E-state index is 4.68. The van der Waals surface area contributed by atoms with Crippen molar-refractivity contribution >= 4 is 0 Å². The van der Waals surface area contributed by atoms with Crippen molar-refractivity contribution in [3.8, 4) is 0 Å². The summed E-state index contributed by atoms with van der Waals surface area (Å²) in [7, 11) is 0. The fourth-order valence-electron chi connectivity index (χ4n) is 4.46. The number of aromatic nitrogens is 5. The quantitative estimate of drug-likeness (QED) is 0.757. The van der Waals surface area contributed by atoms with E-state index in [2.05, 4.69) is 50.9 Å². The van der Waals surface area contributed by atoms with Gasteiger partial charge in [-0.05, 0) is 54.9 Å². The lowest BCUT2D eigenvalue weighted by Crippen LogP contribution is -2.36. The molecule has 0 saturated heterocycles. The zero-order valence-corrected chi connectivity index (χ0v) is 16.0. The van der Waals surface area contributed by atoms with Gasteiger partial charge < -0.3 is 4.98 Å². The average molecular weight is 362 g/mol. The molecule has 5 rings (SSSR count). The van der Waals surface area contributed by atoms with Gasteiger partial charge in [-0.15, -0.1) is 0 Å². The number of benzene rings is 1. The van der Waals surface area contributed by atoms with Gasteiger partial charge in [-0.1, -0.05) is 12.1 Å². The maximum Gasteiger partial charge on any atom is 0.137 e. The Labute approximate surface area is 159 Å². The Balaban J connectivity index is 1.43. The summed E-state index contributed by atoms with van der Waals surface area (Å²) in [5.41, 5.74) is 8.06. The average Bonchev–Trinajstić information content (AvgIpc) is 3.15. The lowest BCUT2D eigenvalue weighted by atomic mass is 9.95. The Morgan fingerprint density at radius 1 is 1.11 bits per heavy atom. The first-order valence-corrected chi connectivity index (χ1v) is 9.86. The summed E-state index contributed by atoms with van der Waals surface area (Å²) in [6.45, 7) is 7.28. The molecule has 1 saturated carbocycles. The standard InChI is InChI=1S/C21H26N6/c1-14-7-15(2)18(10-27-13-22-11-25-27)8-17(14)9-26-6-5-19-20(24-12-23-19)21(26)16-3-4-16/h7-8,11-13,16,21H,3-6,9-10H2,1-2H3,(H,23,24)/t21-/m1/s1. The van der Waals surface area contributed by atoms with Crippen molar-refractivity contribution in [2.24, 2.45) is 5.92 Å². The molecule has 1 aromatic carbocycles. The first-order valence-electron chi connectivity index (χ1n) is 9.86. The SMILES string of the molecule is Cc1cc(C)c(Cn2cncn2)cc1CN1CCc2[nH]cnc2[C@H]1C1CC1. The van der Waals surface area contributed by atoms with Crippen LogP contribution in [0.2, 0.25) is 0 Å². The molecule has 2 aliphatic rings. The van der Waals surface area contributed by atoms with E-state index >= 15 is 0 Å². The van der Waals surface area contributed by atoms with Crippen LogP contribution in [0.15, 0.2) is 31.1 Å². The van der Waals surface area contributed by atoms with E-state index in [9.17, 15) is 0 Å². The number of H-pyrrole nitrogens is 1. The minimum atomic E-state index is 0.472. The molecule has 0 unspecified atom stereocenters. The predicted molar refractivity (Wildman–Crippen MR) is 103 cm³/mol. The summed E-state index contributed by atoms with van der Waals surface area (Å²) in [5, 5.41) is 4.27. The first kappa shape index (κ1) is 16.7. The van der Waals surface area contributed by atoms with Crippen LogP contribution in [0.1, 0.15) is 52.5 Å². The number of hydrogen-bond donors (Lipinski definition) is 1. The van der Waals surface area contributed by atoms with Crippen LogP contribution in [-0.4, -0.2) is 36.2 Å². The third kappa shape index (κ3) is 3.18. The van der Waals surface area contributed by atoms with Gasteiger partial charge in [0.25, 0.3) is 0 Å². The van der Waals surface area contributed by atoms with Crippen LogP contribution in [0.4, 0.5) is 0 Å². The van der Waals surface area contributed by atoms with Crippen molar-refractivity contribution in [1.29, 1.82) is 0 Å². The highest BCUT2D eigenvalue weighted by Gasteiger charge is 2.40. The molecule has 1 aliphatic heterocycles. The fraction of sp³-hybridized carbons (Fsp3) is 0.476. The lowest BCUT2D eigenvalue weighted by Gasteiger charge is -2.35. The van der Waals surface area contributed by atoms with E-state index in [0.717, 1.165) is 32.0 Å². The molecule has 6 heteroatoms. The van der Waals surface area contributed by atoms with Crippen LogP contribution in [0.3, 0.4) is 0 Å². The Hall–Kier alpha value is -2.47. The number of rotatable bonds is 5. The summed E-state index contributed by atoms with van der Waals surface area (Å²) < 4.78 is 1.89. The van der Waals surface area contributed by atoms with E-state index in [1.807, 2.05) is 11.0 Å². The second kappa shape index (κ2) is 6.60. The highest BCUT2D eigenvalue weighted by Crippen LogP contribution is 2.47. The summed E-state index contributed by atoms with van der Waals surface area (Å²) >= 11 is 0. The van der Waals surface area contributed by atoms with Gasteiger partial charge in [0.15, 0.2) is 0 Å². The number of nitrogens with one attached hydrogen (secondary N) is 1. The Morgan fingerprint density at radius 3 is 2.67 bits per heavy atom. The van der Waals surface area contributed by atoms with E-state index in [1.54, 1.807) is 12.7 Å². The Kier molecular flexibility index (Phi) is 4.08. The molecule has 3 aromatic rings. The molecule has 2 aromatic heterocycles. The molecule has 0 radical (unpaired) electrons. The minimum absolute atomic E-state index is 0.472. The fourth-order valence-corrected chi connectivity index (χ4v) is 4.46. The van der Waals surface area contributed by atoms with Crippen molar-refractivity contribution in [3.63, 3.8) is 0 Å². The molecular formula is C21H26N6. The molecule has 1 atom stereocenters. The highest BCUT2D eigenvalue weighted by atomic mass is 15.3. The third-order valence-corrected chi connectivity index (χ3v) is 6.11. The van der Waals surface area contributed by atoms with Crippen LogP contribution in [0.25, 0.3) is 0 Å². The second-order valence-electron chi connectivity index (χ2n) is 8.07. The van der Waals surface area contributed by atoms with E-state index in [1.165, 1.54) is 46.5 Å². The van der Waals surface area contributed by atoms with Crippen molar-refractivity contribution in [3.05, 3.63) is 64.8 Å². The van der Waals surface area contributed by atoms with Gasteiger partial charge in [-0.2, -0.15) is 5.10 Å². The molecule has 1 aliphatic carbocycles. The van der Waals surface area contributed by atoms with E-state index < -0.39 is 0 Å². The van der Waals surface area contributed by atoms with E-state index in [4.69, 9.17) is 0 Å². The molecule has 0 spiro atoms. The topological polar surface area (TPSA) is 62.6 Å². The highest BCUT2D eigenvalue weighted by molar-refractivity contribution is 5.37. The van der Waals surface area contributed by atoms with Gasteiger partial charge in [0.2, 0.25) is 0 Å². The molecule has 1 fully saturated rings. The van der Waals surface area contributed by atoms with Gasteiger partial charge in [-0.25, -0.2) is 14.6 Å². The van der Waals surface area contributed by atoms with Gasteiger partial charge in [-0.3, -0.25) is 4.90 Å². The van der Waals surface area contributed by atoms with Crippen LogP contribution in [0, 0.1) is 19.8 Å². The number of imidazole rings is 1. The first-order chi connectivity index (χ1) is 13.2. The van der Waals surface area contributed by atoms with Crippen LogP contribution >= 0.6 is 0 Å². The number of nitrogens with zero attached hydrogens (tertiary/aromatic N) is 5. The molecule has 3 heterocycles. The van der Waals surface area contributed by atoms with E-state index in [-0.39, 0.29) is 0 Å². The molecule has 0 amide bonds. The van der Waals surface area contributed by atoms with Crippen molar-refractivity contribution < 1.29 is 0 Å². The third-order valence-electron chi connectivity index (χ3n) is 6.11. The number of fused-ring (bicyclic) bond motifs is 1. The van der Waals surface area contributed by atoms with Crippen LogP contribution in [-0.2, 0) is 19.5 Å². The van der Waals surface area contributed by atoms with Gasteiger partial charge >= 0.3 is 0 Å². The van der Waals surface area contributed by atoms with Gasteiger partial charge in [0.05, 0.1) is 24.6 Å². The van der Waals surface area contributed by atoms with Crippen LogP contribution in [0.5, 0.6) is 0 Å². The van der Waals surface area contributed by atoms with Gasteiger partial charge in [0, 0.05) is 25.2 Å². The number of aryl methyl sites for hydroxylation is 2. The molecule has 140 valence electrons. The minimum Gasteiger partial charge on any atom is -0.348 e. The summed E-state index contributed by atoms with van der Waals surface area (Å²) in [5.74, 6) is 0.771. The van der Waals surface area contributed by atoms with Crippen LogP contribution < -0.4 is 0 Å². The molecular weight excluding hydrogens is 336 g/mol. The smallest absolute Gasteiger partial charge is 0.137 e. The van der Waals surface area contributed by atoms with Crippen molar-refractivity contribution in [2.45, 2.75) is 52.2 Å². The largest absolute Gasteiger partial charge is 0.348 e. The van der Waals surface area contributed by atoms with Crippen molar-refractivity contribution in [2.75, 3.05) is 6.54 Å². The maximum atomic E-state index is 4.68. The second-order valence-corrected chi connectivity index (χ2v) is 8.07. The summed E-state index contributed by atoms with van der Waals surface area (Å²) in [4.78, 5) is 14.8. The van der Waals surface area contributed by atoms with Crippen molar-refractivity contribution in [1.82, 2.24) is 29.6 Å². The molecule has 1 N–H and O–H groups in total. The Morgan fingerprint density at radius 2 is 1.93 bits per heavy atom. The van der Waals surface area contributed by atoms with E-state index in [0.29, 0.717) is 6.04 Å². The normalized spacial score (nSPS) is 20.0. The number of hydrogen-bond acceptors (Lipinski definition) is 4. The zero-order chi connectivity index (χ0) is 18.4. The summed E-state index contributed by atoms with van der Waals surface area (Å²) in [6, 6.07) is 5.16. The monoisotopic (exact) mass is 362 g/mol. The zero-order valence-electron chi connectivity index (χ0n) is 16.0. The Bertz CT molecular complexity index is 938.